The van der Waals surface area contributed by atoms with E-state index in [1.807, 2.05) is 0 Å². The van der Waals surface area contributed by atoms with E-state index in [4.69, 9.17) is 0 Å². The molecule has 1 N–H and O–H groups in total. The molecule has 0 unspecified atom stereocenters. The lowest BCUT2D eigenvalue weighted by Gasteiger charge is -2.26. The van der Waals surface area contributed by atoms with Crippen LogP contribution < -0.4 is 10.4 Å². The second-order valence-electron chi connectivity index (χ2n) is 6.15. The van der Waals surface area contributed by atoms with Crippen molar-refractivity contribution in [2.24, 2.45) is 0 Å². The number of anilines is 3. The summed E-state index contributed by atoms with van der Waals surface area (Å²) in [5, 5.41) is 36.1. The van der Waals surface area contributed by atoms with Gasteiger partial charge in [0.15, 0.2) is 0 Å². The second-order valence-corrected chi connectivity index (χ2v) is 6.15. The maximum Gasteiger partial charge on any atom is 0.311 e. The second kappa shape index (κ2) is 8.22. The van der Waals surface area contributed by atoms with Crippen molar-refractivity contribution < 1.29 is 14.8 Å². The summed E-state index contributed by atoms with van der Waals surface area (Å²) in [7, 11) is 0. The van der Waals surface area contributed by atoms with Gasteiger partial charge in [-0.25, -0.2) is 0 Å². The predicted octanol–water partition coefficient (Wildman–Crippen LogP) is 4.88. The lowest BCUT2D eigenvalue weighted by Crippen LogP contribution is -2.25. The van der Waals surface area contributed by atoms with Crippen LogP contribution in [0.4, 0.5) is 34.1 Å². The van der Waals surface area contributed by atoms with Gasteiger partial charge < -0.3 is 0 Å². The number of hydrogen-bond acceptors (Lipinski definition) is 8. The van der Waals surface area contributed by atoms with E-state index in [-0.39, 0.29) is 5.56 Å². The Morgan fingerprint density at radius 2 is 1.20 bits per heavy atom. The van der Waals surface area contributed by atoms with Gasteiger partial charge in [-0.1, -0.05) is 36.4 Å². The van der Waals surface area contributed by atoms with Crippen molar-refractivity contribution in [3.05, 3.63) is 103 Å². The molecular formula is C19H15N5O6. The maximum absolute atomic E-state index is 11.7. The van der Waals surface area contributed by atoms with Gasteiger partial charge in [-0.15, -0.1) is 0 Å². The summed E-state index contributed by atoms with van der Waals surface area (Å²) in [4.78, 5) is 32.0. The minimum atomic E-state index is -0.893. The van der Waals surface area contributed by atoms with E-state index < -0.39 is 37.5 Å². The number of hydrogen-bond donors (Lipinski definition) is 1. The van der Waals surface area contributed by atoms with Crippen molar-refractivity contribution in [3.8, 4) is 0 Å². The van der Waals surface area contributed by atoms with Crippen LogP contribution in [0, 0.1) is 37.3 Å². The molecule has 0 saturated carbocycles. The number of benzene rings is 3. The number of para-hydroxylation sites is 2. The Morgan fingerprint density at radius 3 is 1.60 bits per heavy atom. The van der Waals surface area contributed by atoms with Gasteiger partial charge in [-0.05, 0) is 31.2 Å². The molecule has 0 radical (unpaired) electrons. The normalized spacial score (nSPS) is 10.3. The topological polar surface area (TPSA) is 145 Å². The van der Waals surface area contributed by atoms with Crippen LogP contribution in [0.3, 0.4) is 0 Å². The summed E-state index contributed by atoms with van der Waals surface area (Å²) in [5.74, 6) is 0. The monoisotopic (exact) mass is 409 g/mol. The largest absolute Gasteiger partial charge is 0.311 e. The van der Waals surface area contributed by atoms with E-state index in [0.29, 0.717) is 11.4 Å². The molecular weight excluding hydrogens is 394 g/mol. The van der Waals surface area contributed by atoms with Gasteiger partial charge in [0.25, 0.3) is 5.69 Å². The fourth-order valence-electron chi connectivity index (χ4n) is 2.96. The number of nitrogens with one attached hydrogen (secondary N) is 1. The van der Waals surface area contributed by atoms with Crippen molar-refractivity contribution in [2.75, 3.05) is 10.4 Å². The van der Waals surface area contributed by atoms with Gasteiger partial charge in [0, 0.05) is 0 Å². The van der Waals surface area contributed by atoms with Gasteiger partial charge in [-0.3, -0.25) is 40.8 Å². The third-order valence-corrected chi connectivity index (χ3v) is 4.33. The minimum absolute atomic E-state index is 0.292. The zero-order chi connectivity index (χ0) is 21.8. The first-order chi connectivity index (χ1) is 14.3. The van der Waals surface area contributed by atoms with E-state index in [9.17, 15) is 30.3 Å². The predicted molar refractivity (Wildman–Crippen MR) is 110 cm³/mol. The molecule has 0 spiro atoms. The molecule has 3 aromatic carbocycles. The quantitative estimate of drug-likeness (QED) is 0.429. The summed E-state index contributed by atoms with van der Waals surface area (Å²) >= 11 is 0. The Bertz CT molecular complexity index is 1080. The Kier molecular flexibility index (Phi) is 5.54. The lowest BCUT2D eigenvalue weighted by molar-refractivity contribution is -0.402. The number of rotatable bonds is 7. The molecule has 0 bridgehead atoms. The maximum atomic E-state index is 11.7. The molecule has 0 amide bonds. The molecule has 0 saturated heterocycles. The zero-order valence-electron chi connectivity index (χ0n) is 15.6. The molecule has 3 rings (SSSR count). The van der Waals surface area contributed by atoms with Gasteiger partial charge in [0.2, 0.25) is 5.69 Å². The van der Waals surface area contributed by atoms with Crippen LogP contribution in [0.1, 0.15) is 5.56 Å². The molecule has 0 heterocycles. The fourth-order valence-corrected chi connectivity index (χ4v) is 2.96. The van der Waals surface area contributed by atoms with Gasteiger partial charge in [0.05, 0.1) is 32.2 Å². The molecule has 0 aromatic heterocycles. The van der Waals surface area contributed by atoms with Crippen molar-refractivity contribution >= 4 is 34.1 Å². The molecule has 3 aromatic rings. The highest BCUT2D eigenvalue weighted by Crippen LogP contribution is 2.43. The molecule has 11 nitrogen and oxygen atoms in total. The van der Waals surface area contributed by atoms with Crippen LogP contribution >= 0.6 is 0 Å². The average molecular weight is 409 g/mol. The molecule has 0 atom stereocenters. The van der Waals surface area contributed by atoms with Crippen molar-refractivity contribution in [3.63, 3.8) is 0 Å². The summed E-state index contributed by atoms with van der Waals surface area (Å²) in [6, 6.07) is 18.0. The Hall–Kier alpha value is -4.54. The van der Waals surface area contributed by atoms with E-state index in [2.05, 4.69) is 5.43 Å². The van der Waals surface area contributed by atoms with Crippen LogP contribution in [-0.4, -0.2) is 14.8 Å². The standard InChI is InChI=1S/C19H15N5O6/c1-13-16(22(25)26)12-17(23(27)28)18(19(13)24(29)30)20-21(14-8-4-2-5-9-14)15-10-6-3-7-11-15/h2-12,20H,1H3. The Balaban J connectivity index is 2.27. The average Bonchev–Trinajstić information content (AvgIpc) is 2.72. The van der Waals surface area contributed by atoms with Crippen molar-refractivity contribution in [1.29, 1.82) is 0 Å². The summed E-state index contributed by atoms with van der Waals surface area (Å²) in [6.07, 6.45) is 0. The zero-order valence-corrected chi connectivity index (χ0v) is 15.6. The van der Waals surface area contributed by atoms with Gasteiger partial charge >= 0.3 is 11.4 Å². The highest BCUT2D eigenvalue weighted by atomic mass is 16.6. The first-order valence-corrected chi connectivity index (χ1v) is 8.59. The van der Waals surface area contributed by atoms with Crippen LogP contribution in [-0.2, 0) is 0 Å². The molecule has 152 valence electrons. The summed E-state index contributed by atoms with van der Waals surface area (Å²) < 4.78 is 0. The van der Waals surface area contributed by atoms with Crippen molar-refractivity contribution in [2.45, 2.75) is 6.92 Å². The molecule has 0 aliphatic rings. The Morgan fingerprint density at radius 1 is 0.733 bits per heavy atom. The first kappa shape index (κ1) is 20.2. The van der Waals surface area contributed by atoms with Crippen LogP contribution in [0.15, 0.2) is 66.7 Å². The number of nitrogens with zero attached hydrogens (tertiary/aromatic N) is 4. The molecule has 11 heteroatoms. The van der Waals surface area contributed by atoms with Crippen molar-refractivity contribution in [1.82, 2.24) is 0 Å². The lowest BCUT2D eigenvalue weighted by atomic mass is 10.1. The van der Waals surface area contributed by atoms with Gasteiger partial charge in [0.1, 0.15) is 5.56 Å². The SMILES string of the molecule is Cc1c([N+](=O)[O-])cc([N+](=O)[O-])c(NN(c2ccccc2)c2ccccc2)c1[N+](=O)[O-]. The fraction of sp³-hybridized carbons (Fsp3) is 0.0526. The van der Waals surface area contributed by atoms with Gasteiger partial charge in [-0.2, -0.15) is 0 Å². The number of nitro groups is 3. The highest BCUT2D eigenvalue weighted by Gasteiger charge is 2.36. The molecule has 0 fully saturated rings. The highest BCUT2D eigenvalue weighted by molar-refractivity contribution is 5.83. The first-order valence-electron chi connectivity index (χ1n) is 8.59. The molecule has 0 aliphatic carbocycles. The number of nitro benzene ring substituents is 3. The minimum Gasteiger partial charge on any atom is -0.282 e. The van der Waals surface area contributed by atoms with E-state index >= 15 is 0 Å². The van der Waals surface area contributed by atoms with E-state index in [0.717, 1.165) is 6.07 Å². The van der Waals surface area contributed by atoms with Crippen LogP contribution in [0.5, 0.6) is 0 Å². The molecule has 30 heavy (non-hydrogen) atoms. The van der Waals surface area contributed by atoms with E-state index in [1.54, 1.807) is 60.7 Å². The molecule has 0 aliphatic heterocycles. The summed E-state index contributed by atoms with van der Waals surface area (Å²) in [5.41, 5.74) is 0.857. The smallest absolute Gasteiger partial charge is 0.282 e. The Labute approximate surface area is 169 Å². The third-order valence-electron chi connectivity index (χ3n) is 4.33. The van der Waals surface area contributed by atoms with Crippen LogP contribution in [0.2, 0.25) is 0 Å². The third kappa shape index (κ3) is 3.85. The van der Waals surface area contributed by atoms with E-state index in [1.165, 1.54) is 11.9 Å². The number of hydrazine groups is 1. The summed E-state index contributed by atoms with van der Waals surface area (Å²) in [6.45, 7) is 1.18. The van der Waals surface area contributed by atoms with Crippen LogP contribution in [0.25, 0.3) is 0 Å².